The maximum atomic E-state index is 11.8. The highest BCUT2D eigenvalue weighted by Crippen LogP contribution is 2.37. The summed E-state index contributed by atoms with van der Waals surface area (Å²) in [4.78, 5) is 2.46. The van der Waals surface area contributed by atoms with Crippen LogP contribution in [0.3, 0.4) is 0 Å². The molecule has 0 atom stereocenters. The fourth-order valence-corrected chi connectivity index (χ4v) is 3.51. The van der Waals surface area contributed by atoms with Crippen molar-refractivity contribution in [2.24, 2.45) is 5.41 Å². The van der Waals surface area contributed by atoms with E-state index in [4.69, 9.17) is 5.73 Å². The summed E-state index contributed by atoms with van der Waals surface area (Å²) in [6.07, 6.45) is 3.47. The molecule has 5 nitrogen and oxygen atoms in total. The zero-order valence-electron chi connectivity index (χ0n) is 13.0. The SMILES string of the molecule is CCC1(C)CCN(c2ccc(S(=O)(=O)NC)cc2N)CC1. The van der Waals surface area contributed by atoms with Gasteiger partial charge < -0.3 is 10.6 Å². The lowest BCUT2D eigenvalue weighted by Gasteiger charge is -2.40. The van der Waals surface area contributed by atoms with Gasteiger partial charge in [0.25, 0.3) is 0 Å². The second-order valence-corrected chi connectivity index (χ2v) is 7.97. The van der Waals surface area contributed by atoms with E-state index in [1.54, 1.807) is 6.07 Å². The number of nitrogens with zero attached hydrogens (tertiary/aromatic N) is 1. The van der Waals surface area contributed by atoms with Gasteiger partial charge >= 0.3 is 0 Å². The molecule has 0 radical (unpaired) electrons. The number of nitrogens with two attached hydrogens (primary N) is 1. The Balaban J connectivity index is 2.20. The topological polar surface area (TPSA) is 75.4 Å². The fourth-order valence-electron chi connectivity index (χ4n) is 2.75. The van der Waals surface area contributed by atoms with Gasteiger partial charge in [0.05, 0.1) is 16.3 Å². The molecular weight excluding hydrogens is 286 g/mol. The van der Waals surface area contributed by atoms with Crippen molar-refractivity contribution in [3.05, 3.63) is 18.2 Å². The third-order valence-electron chi connectivity index (χ3n) is 4.74. The van der Waals surface area contributed by atoms with Crippen molar-refractivity contribution in [2.45, 2.75) is 38.0 Å². The normalized spacial score (nSPS) is 18.7. The minimum Gasteiger partial charge on any atom is -0.397 e. The zero-order chi connectivity index (χ0) is 15.7. The van der Waals surface area contributed by atoms with Gasteiger partial charge in [-0.2, -0.15) is 0 Å². The molecule has 0 amide bonds. The molecule has 3 N–H and O–H groups in total. The molecule has 2 rings (SSSR count). The third-order valence-corrected chi connectivity index (χ3v) is 6.15. The Bertz CT molecular complexity index is 605. The maximum absolute atomic E-state index is 11.8. The zero-order valence-corrected chi connectivity index (χ0v) is 13.8. The van der Waals surface area contributed by atoms with Gasteiger partial charge in [-0.05, 0) is 43.5 Å². The number of hydrogen-bond acceptors (Lipinski definition) is 4. The molecule has 1 aliphatic heterocycles. The van der Waals surface area contributed by atoms with E-state index in [0.29, 0.717) is 11.1 Å². The molecule has 6 heteroatoms. The van der Waals surface area contributed by atoms with E-state index in [1.807, 2.05) is 6.07 Å². The Kier molecular flexibility index (Phi) is 4.49. The first-order valence-corrected chi connectivity index (χ1v) is 8.88. The molecule has 1 heterocycles. The van der Waals surface area contributed by atoms with Gasteiger partial charge in [0.15, 0.2) is 0 Å². The molecule has 0 saturated carbocycles. The first-order chi connectivity index (χ1) is 9.81. The fraction of sp³-hybridized carbons (Fsp3) is 0.600. The largest absolute Gasteiger partial charge is 0.397 e. The van der Waals surface area contributed by atoms with E-state index in [-0.39, 0.29) is 4.90 Å². The van der Waals surface area contributed by atoms with Crippen molar-refractivity contribution >= 4 is 21.4 Å². The summed E-state index contributed by atoms with van der Waals surface area (Å²) < 4.78 is 25.9. The van der Waals surface area contributed by atoms with Crippen LogP contribution in [0.4, 0.5) is 11.4 Å². The summed E-state index contributed by atoms with van der Waals surface area (Å²) in [7, 11) is -2.04. The molecule has 1 aromatic rings. The number of nitrogens with one attached hydrogen (secondary N) is 1. The maximum Gasteiger partial charge on any atom is 0.240 e. The highest BCUT2D eigenvalue weighted by Gasteiger charge is 2.29. The molecule has 0 aliphatic carbocycles. The summed E-state index contributed by atoms with van der Waals surface area (Å²) >= 11 is 0. The van der Waals surface area contributed by atoms with Gasteiger partial charge in [0.2, 0.25) is 10.0 Å². The van der Waals surface area contributed by atoms with Crippen molar-refractivity contribution in [1.29, 1.82) is 0 Å². The molecule has 1 aliphatic rings. The van der Waals surface area contributed by atoms with E-state index in [9.17, 15) is 8.42 Å². The van der Waals surface area contributed by atoms with Gasteiger partial charge in [-0.25, -0.2) is 13.1 Å². The highest BCUT2D eigenvalue weighted by molar-refractivity contribution is 7.89. The highest BCUT2D eigenvalue weighted by atomic mass is 32.2. The number of anilines is 2. The number of hydrogen-bond donors (Lipinski definition) is 2. The van der Waals surface area contributed by atoms with Crippen LogP contribution in [0.25, 0.3) is 0 Å². The van der Waals surface area contributed by atoms with Crippen molar-refractivity contribution in [2.75, 3.05) is 30.8 Å². The van der Waals surface area contributed by atoms with E-state index in [2.05, 4.69) is 23.5 Å². The molecule has 0 spiro atoms. The van der Waals surface area contributed by atoms with Crippen LogP contribution in [-0.4, -0.2) is 28.6 Å². The number of rotatable bonds is 4. The van der Waals surface area contributed by atoms with E-state index < -0.39 is 10.0 Å². The number of sulfonamides is 1. The van der Waals surface area contributed by atoms with Crippen molar-refractivity contribution < 1.29 is 8.42 Å². The van der Waals surface area contributed by atoms with Gasteiger partial charge in [-0.1, -0.05) is 20.3 Å². The van der Waals surface area contributed by atoms with E-state index >= 15 is 0 Å². The van der Waals surface area contributed by atoms with Gasteiger partial charge in [-0.3, -0.25) is 0 Å². The van der Waals surface area contributed by atoms with Crippen LogP contribution in [0.5, 0.6) is 0 Å². The predicted molar refractivity (Wildman–Crippen MR) is 86.9 cm³/mol. The Morgan fingerprint density at radius 3 is 2.43 bits per heavy atom. The molecule has 118 valence electrons. The standard InChI is InChI=1S/C15H25N3O2S/c1-4-15(2)7-9-18(10-8-15)14-6-5-12(11-13(14)16)21(19,20)17-3/h5-6,11,17H,4,7-10,16H2,1-3H3. The van der Waals surface area contributed by atoms with E-state index in [0.717, 1.165) is 31.6 Å². The number of benzene rings is 1. The Hall–Kier alpha value is -1.27. The smallest absolute Gasteiger partial charge is 0.240 e. The summed E-state index contributed by atoms with van der Waals surface area (Å²) in [5, 5.41) is 0. The third kappa shape index (κ3) is 3.32. The van der Waals surface area contributed by atoms with E-state index in [1.165, 1.54) is 19.5 Å². The first kappa shape index (κ1) is 16.1. The minimum atomic E-state index is -3.44. The van der Waals surface area contributed by atoms with Crippen LogP contribution >= 0.6 is 0 Å². The molecule has 0 bridgehead atoms. The summed E-state index contributed by atoms with van der Waals surface area (Å²) in [5.74, 6) is 0. The lowest BCUT2D eigenvalue weighted by atomic mass is 9.78. The van der Waals surface area contributed by atoms with Crippen LogP contribution in [0.2, 0.25) is 0 Å². The number of nitrogen functional groups attached to an aromatic ring is 1. The van der Waals surface area contributed by atoms with Gasteiger partial charge in [-0.15, -0.1) is 0 Å². The van der Waals surface area contributed by atoms with Crippen molar-refractivity contribution in [3.8, 4) is 0 Å². The first-order valence-electron chi connectivity index (χ1n) is 7.39. The van der Waals surface area contributed by atoms with Crippen molar-refractivity contribution in [3.63, 3.8) is 0 Å². The molecule has 21 heavy (non-hydrogen) atoms. The molecule has 1 saturated heterocycles. The second kappa shape index (κ2) is 5.85. The predicted octanol–water partition coefficient (Wildman–Crippen LogP) is 2.19. The van der Waals surface area contributed by atoms with Crippen LogP contribution in [0.15, 0.2) is 23.1 Å². The molecular formula is C15H25N3O2S. The Morgan fingerprint density at radius 1 is 1.33 bits per heavy atom. The average molecular weight is 311 g/mol. The molecule has 0 unspecified atom stereocenters. The van der Waals surface area contributed by atoms with Crippen LogP contribution in [0, 0.1) is 5.41 Å². The van der Waals surface area contributed by atoms with Gasteiger partial charge in [0, 0.05) is 13.1 Å². The van der Waals surface area contributed by atoms with Crippen LogP contribution < -0.4 is 15.4 Å². The number of piperidine rings is 1. The quantitative estimate of drug-likeness (QED) is 0.836. The molecule has 1 aromatic carbocycles. The molecule has 0 aromatic heterocycles. The molecule has 1 fully saturated rings. The monoisotopic (exact) mass is 311 g/mol. The summed E-state index contributed by atoms with van der Waals surface area (Å²) in [6.45, 7) is 6.50. The summed E-state index contributed by atoms with van der Waals surface area (Å²) in [6, 6.07) is 4.97. The average Bonchev–Trinajstić information content (AvgIpc) is 2.48. The van der Waals surface area contributed by atoms with Gasteiger partial charge in [0.1, 0.15) is 0 Å². The Labute approximate surface area is 127 Å². The second-order valence-electron chi connectivity index (χ2n) is 6.08. The lowest BCUT2D eigenvalue weighted by Crippen LogP contribution is -2.38. The Morgan fingerprint density at radius 2 is 1.95 bits per heavy atom. The van der Waals surface area contributed by atoms with Crippen molar-refractivity contribution in [1.82, 2.24) is 4.72 Å². The lowest BCUT2D eigenvalue weighted by molar-refractivity contribution is 0.238. The summed E-state index contributed by atoms with van der Waals surface area (Å²) in [5.41, 5.74) is 7.94. The van der Waals surface area contributed by atoms with Crippen LogP contribution in [0.1, 0.15) is 33.1 Å². The minimum absolute atomic E-state index is 0.210. The van der Waals surface area contributed by atoms with Crippen LogP contribution in [-0.2, 0) is 10.0 Å².